The monoisotopic (exact) mass is 302 g/mol. The van der Waals surface area contributed by atoms with Crippen molar-refractivity contribution in [1.29, 1.82) is 0 Å². The van der Waals surface area contributed by atoms with E-state index in [-0.39, 0.29) is 23.7 Å². The van der Waals surface area contributed by atoms with Gasteiger partial charge in [0, 0.05) is 12.5 Å². The number of carbonyl (C=O) groups is 1. The summed E-state index contributed by atoms with van der Waals surface area (Å²) in [5, 5.41) is 3.28. The Kier molecular flexibility index (Phi) is 7.32. The molecule has 0 aromatic rings. The summed E-state index contributed by atoms with van der Waals surface area (Å²) in [6.07, 6.45) is 11.7. The van der Waals surface area contributed by atoms with Gasteiger partial charge in [-0.15, -0.1) is 12.4 Å². The number of amides is 1. The molecule has 2 fully saturated rings. The Labute approximate surface area is 129 Å². The van der Waals surface area contributed by atoms with Crippen LogP contribution in [0.2, 0.25) is 0 Å². The van der Waals surface area contributed by atoms with Crippen LogP contribution in [-0.2, 0) is 4.79 Å². The number of carbonyl (C=O) groups excluding carboxylic acids is 1. The Hall–Kier alpha value is -0.280. The first kappa shape index (κ1) is 17.8. The zero-order valence-electron chi connectivity index (χ0n) is 12.8. The van der Waals surface area contributed by atoms with Crippen molar-refractivity contribution in [2.24, 2.45) is 17.1 Å². The molecule has 1 amide bonds. The molecule has 0 saturated heterocycles. The Morgan fingerprint density at radius 3 is 2.40 bits per heavy atom. The van der Waals surface area contributed by atoms with Crippen molar-refractivity contribution in [2.75, 3.05) is 6.54 Å². The fourth-order valence-corrected chi connectivity index (χ4v) is 3.88. The number of rotatable bonds is 4. The minimum atomic E-state index is 0. The topological polar surface area (TPSA) is 55.1 Å². The molecule has 0 bridgehead atoms. The third-order valence-corrected chi connectivity index (χ3v) is 5.34. The minimum absolute atomic E-state index is 0. The summed E-state index contributed by atoms with van der Waals surface area (Å²) in [6, 6.07) is 0.402. The van der Waals surface area contributed by atoms with E-state index >= 15 is 0 Å². The molecular weight excluding hydrogens is 272 g/mol. The largest absolute Gasteiger partial charge is 0.353 e. The van der Waals surface area contributed by atoms with E-state index in [9.17, 15) is 4.79 Å². The van der Waals surface area contributed by atoms with Crippen molar-refractivity contribution in [3.63, 3.8) is 0 Å². The molecule has 0 aliphatic heterocycles. The molecule has 2 unspecified atom stereocenters. The van der Waals surface area contributed by atoms with E-state index in [1.807, 2.05) is 0 Å². The number of hydrogen-bond donors (Lipinski definition) is 2. The van der Waals surface area contributed by atoms with Crippen LogP contribution in [0.25, 0.3) is 0 Å². The van der Waals surface area contributed by atoms with Gasteiger partial charge in [-0.2, -0.15) is 0 Å². The Morgan fingerprint density at radius 1 is 1.15 bits per heavy atom. The second-order valence-corrected chi connectivity index (χ2v) is 6.88. The highest BCUT2D eigenvalue weighted by atomic mass is 35.5. The fourth-order valence-electron chi connectivity index (χ4n) is 3.88. The molecule has 2 atom stereocenters. The van der Waals surface area contributed by atoms with Gasteiger partial charge in [0.05, 0.1) is 0 Å². The second-order valence-electron chi connectivity index (χ2n) is 6.88. The Morgan fingerprint density at radius 2 is 1.80 bits per heavy atom. The highest BCUT2D eigenvalue weighted by Crippen LogP contribution is 2.38. The zero-order valence-corrected chi connectivity index (χ0v) is 13.6. The highest BCUT2D eigenvalue weighted by Gasteiger charge is 2.34. The summed E-state index contributed by atoms with van der Waals surface area (Å²) in [7, 11) is 0. The summed E-state index contributed by atoms with van der Waals surface area (Å²) in [4.78, 5) is 12.3. The standard InChI is InChI=1S/C16H30N2O.ClH/c1-13-7-3-4-8-14(13)18-15(19)11-16(12-17)9-5-2-6-10-16;/h13-14H,2-12,17H2,1H3,(H,18,19);1H. The molecule has 118 valence electrons. The highest BCUT2D eigenvalue weighted by molar-refractivity contribution is 5.85. The molecular formula is C16H31ClN2O. The predicted molar refractivity (Wildman–Crippen MR) is 86.0 cm³/mol. The molecule has 3 nitrogen and oxygen atoms in total. The average Bonchev–Trinajstić information content (AvgIpc) is 2.42. The third kappa shape index (κ3) is 4.63. The van der Waals surface area contributed by atoms with Crippen LogP contribution in [0.5, 0.6) is 0 Å². The van der Waals surface area contributed by atoms with Crippen LogP contribution < -0.4 is 11.1 Å². The van der Waals surface area contributed by atoms with E-state index < -0.39 is 0 Å². The van der Waals surface area contributed by atoms with E-state index in [0.29, 0.717) is 24.9 Å². The summed E-state index contributed by atoms with van der Waals surface area (Å²) >= 11 is 0. The summed E-state index contributed by atoms with van der Waals surface area (Å²) < 4.78 is 0. The van der Waals surface area contributed by atoms with Gasteiger partial charge in [-0.3, -0.25) is 4.79 Å². The van der Waals surface area contributed by atoms with Crippen LogP contribution in [0.3, 0.4) is 0 Å². The molecule has 2 rings (SSSR count). The lowest BCUT2D eigenvalue weighted by molar-refractivity contribution is -0.125. The van der Waals surface area contributed by atoms with Gasteiger partial charge in [-0.25, -0.2) is 0 Å². The number of nitrogens with one attached hydrogen (secondary N) is 1. The number of nitrogens with two attached hydrogens (primary N) is 1. The van der Waals surface area contributed by atoms with Gasteiger partial charge >= 0.3 is 0 Å². The molecule has 3 N–H and O–H groups in total. The molecule has 4 heteroatoms. The summed E-state index contributed by atoms with van der Waals surface area (Å²) in [5.41, 5.74) is 6.06. The van der Waals surface area contributed by atoms with Crippen molar-refractivity contribution in [2.45, 2.75) is 77.2 Å². The quantitative estimate of drug-likeness (QED) is 0.836. The van der Waals surface area contributed by atoms with Gasteiger partial charge in [-0.1, -0.05) is 39.0 Å². The zero-order chi connectivity index (χ0) is 13.7. The van der Waals surface area contributed by atoms with Gasteiger partial charge < -0.3 is 11.1 Å². The average molecular weight is 303 g/mol. The molecule has 2 saturated carbocycles. The third-order valence-electron chi connectivity index (χ3n) is 5.34. The van der Waals surface area contributed by atoms with E-state index in [2.05, 4.69) is 12.2 Å². The van der Waals surface area contributed by atoms with E-state index in [1.165, 1.54) is 38.5 Å². The molecule has 20 heavy (non-hydrogen) atoms. The van der Waals surface area contributed by atoms with Gasteiger partial charge in [0.15, 0.2) is 0 Å². The normalized spacial score (nSPS) is 29.3. The lowest BCUT2D eigenvalue weighted by Gasteiger charge is -2.37. The molecule has 2 aliphatic carbocycles. The molecule has 2 aliphatic rings. The predicted octanol–water partition coefficient (Wildman–Crippen LogP) is 3.40. The lowest BCUT2D eigenvalue weighted by atomic mass is 9.71. The molecule has 0 heterocycles. The molecule has 0 aromatic heterocycles. The van der Waals surface area contributed by atoms with Crippen LogP contribution in [0.4, 0.5) is 0 Å². The van der Waals surface area contributed by atoms with Crippen LogP contribution >= 0.6 is 12.4 Å². The SMILES string of the molecule is CC1CCCCC1NC(=O)CC1(CN)CCCCC1.Cl. The molecule has 0 radical (unpaired) electrons. The smallest absolute Gasteiger partial charge is 0.220 e. The van der Waals surface area contributed by atoms with E-state index in [0.717, 1.165) is 19.3 Å². The summed E-state index contributed by atoms with van der Waals surface area (Å²) in [5.74, 6) is 0.879. The van der Waals surface area contributed by atoms with Crippen LogP contribution in [-0.4, -0.2) is 18.5 Å². The maximum atomic E-state index is 12.3. The van der Waals surface area contributed by atoms with Crippen LogP contribution in [0.1, 0.15) is 71.1 Å². The van der Waals surface area contributed by atoms with Crippen molar-refractivity contribution < 1.29 is 4.79 Å². The van der Waals surface area contributed by atoms with Gasteiger partial charge in [-0.05, 0) is 43.6 Å². The maximum Gasteiger partial charge on any atom is 0.220 e. The Balaban J connectivity index is 0.00000200. The first-order valence-electron chi connectivity index (χ1n) is 8.15. The molecule has 0 aromatic carbocycles. The lowest BCUT2D eigenvalue weighted by Crippen LogP contribution is -2.45. The fraction of sp³-hybridized carbons (Fsp3) is 0.938. The van der Waals surface area contributed by atoms with Gasteiger partial charge in [0.25, 0.3) is 0 Å². The van der Waals surface area contributed by atoms with Crippen LogP contribution in [0, 0.1) is 11.3 Å². The van der Waals surface area contributed by atoms with Crippen molar-refractivity contribution in [1.82, 2.24) is 5.32 Å². The number of halogens is 1. The van der Waals surface area contributed by atoms with Gasteiger partial charge in [0.2, 0.25) is 5.91 Å². The first-order valence-corrected chi connectivity index (χ1v) is 8.15. The Bertz CT molecular complexity index is 303. The van der Waals surface area contributed by atoms with Crippen molar-refractivity contribution >= 4 is 18.3 Å². The van der Waals surface area contributed by atoms with Crippen LogP contribution in [0.15, 0.2) is 0 Å². The minimum Gasteiger partial charge on any atom is -0.353 e. The summed E-state index contributed by atoms with van der Waals surface area (Å²) in [6.45, 7) is 2.93. The first-order chi connectivity index (χ1) is 9.15. The van der Waals surface area contributed by atoms with Gasteiger partial charge in [0.1, 0.15) is 0 Å². The van der Waals surface area contributed by atoms with E-state index in [4.69, 9.17) is 5.73 Å². The number of hydrogen-bond acceptors (Lipinski definition) is 2. The van der Waals surface area contributed by atoms with E-state index in [1.54, 1.807) is 0 Å². The van der Waals surface area contributed by atoms with Crippen molar-refractivity contribution in [3.05, 3.63) is 0 Å². The maximum absolute atomic E-state index is 12.3. The second kappa shape index (κ2) is 8.23. The molecule has 0 spiro atoms. The van der Waals surface area contributed by atoms with Crippen molar-refractivity contribution in [3.8, 4) is 0 Å².